The minimum Gasteiger partial charge on any atom is -0.478 e. The van der Waals surface area contributed by atoms with Crippen molar-refractivity contribution in [1.29, 1.82) is 0 Å². The fraction of sp³-hybridized carbons (Fsp3) is 0.0833. The van der Waals surface area contributed by atoms with Crippen molar-refractivity contribution < 1.29 is 9.90 Å². The molecule has 0 unspecified atom stereocenters. The van der Waals surface area contributed by atoms with E-state index in [2.05, 4.69) is 9.97 Å². The van der Waals surface area contributed by atoms with Gasteiger partial charge in [0.05, 0.1) is 11.3 Å². The molecule has 0 aliphatic rings. The molecule has 0 fully saturated rings. The first-order valence-electron chi connectivity index (χ1n) is 4.95. The zero-order chi connectivity index (χ0) is 12.3. The predicted molar refractivity (Wildman–Crippen MR) is 66.6 cm³/mol. The lowest BCUT2D eigenvalue weighted by Gasteiger charge is -1.99. The van der Waals surface area contributed by atoms with Crippen LogP contribution in [0.5, 0.6) is 0 Å². The van der Waals surface area contributed by atoms with Crippen LogP contribution in [0.25, 0.3) is 11.6 Å². The smallest absolute Gasteiger partial charge is 0.337 e. The Morgan fingerprint density at radius 3 is 2.88 bits per heavy atom. The lowest BCUT2D eigenvalue weighted by Crippen LogP contribution is -1.98. The Morgan fingerprint density at radius 2 is 2.29 bits per heavy atom. The van der Waals surface area contributed by atoms with E-state index < -0.39 is 5.97 Å². The number of hydrogen-bond donors (Lipinski definition) is 1. The zero-order valence-corrected chi connectivity index (χ0v) is 9.94. The van der Waals surface area contributed by atoms with Crippen LogP contribution in [0.3, 0.4) is 0 Å². The second-order valence-corrected chi connectivity index (χ2v) is 4.32. The quantitative estimate of drug-likeness (QED) is 0.845. The molecule has 0 radical (unpaired) electrons. The molecule has 0 aromatic carbocycles. The van der Waals surface area contributed by atoms with Crippen molar-refractivity contribution in [3.05, 3.63) is 46.2 Å². The number of carboxylic acids is 1. The summed E-state index contributed by atoms with van der Waals surface area (Å²) in [7, 11) is 0. The van der Waals surface area contributed by atoms with E-state index in [9.17, 15) is 9.90 Å². The van der Waals surface area contributed by atoms with Crippen molar-refractivity contribution in [2.45, 2.75) is 6.92 Å². The van der Waals surface area contributed by atoms with Gasteiger partial charge < -0.3 is 5.11 Å². The molecule has 1 N–H and O–H groups in total. The third-order valence-corrected chi connectivity index (χ3v) is 3.01. The van der Waals surface area contributed by atoms with Crippen LogP contribution in [0, 0.1) is 6.92 Å². The van der Waals surface area contributed by atoms with E-state index in [1.807, 2.05) is 11.4 Å². The van der Waals surface area contributed by atoms with Crippen molar-refractivity contribution in [3.8, 4) is 0 Å². The molecule has 0 aliphatic heterocycles. The Labute approximate surface area is 102 Å². The van der Waals surface area contributed by atoms with Crippen LogP contribution in [0.15, 0.2) is 29.8 Å². The minimum absolute atomic E-state index is 0.248. The number of aryl methyl sites for hydroxylation is 1. The topological polar surface area (TPSA) is 63.1 Å². The molecule has 0 amide bonds. The van der Waals surface area contributed by atoms with Crippen molar-refractivity contribution >= 4 is 29.0 Å². The molecule has 0 saturated heterocycles. The van der Waals surface area contributed by atoms with Gasteiger partial charge in [-0.25, -0.2) is 14.8 Å². The maximum Gasteiger partial charge on any atom is 0.337 e. The summed E-state index contributed by atoms with van der Waals surface area (Å²) < 4.78 is 0. The first kappa shape index (κ1) is 11.5. The van der Waals surface area contributed by atoms with Gasteiger partial charge in [-0.05, 0) is 30.5 Å². The van der Waals surface area contributed by atoms with E-state index in [0.717, 1.165) is 0 Å². The normalized spacial score (nSPS) is 11.5. The summed E-state index contributed by atoms with van der Waals surface area (Å²) in [6.07, 6.45) is 3.17. The van der Waals surface area contributed by atoms with Gasteiger partial charge in [-0.3, -0.25) is 0 Å². The second kappa shape index (κ2) is 4.88. The number of carbonyl (C=O) groups is 1. The lowest BCUT2D eigenvalue weighted by atomic mass is 10.2. The highest BCUT2D eigenvalue weighted by Crippen LogP contribution is 2.22. The molecule has 0 bridgehead atoms. The second-order valence-electron chi connectivity index (χ2n) is 3.37. The molecular formula is C12H10N2O2S. The van der Waals surface area contributed by atoms with Crippen LogP contribution in [-0.2, 0) is 4.79 Å². The molecule has 5 heteroatoms. The summed E-state index contributed by atoms with van der Waals surface area (Å²) in [5.41, 5.74) is 0.849. The van der Waals surface area contributed by atoms with Crippen molar-refractivity contribution in [2.24, 2.45) is 0 Å². The Morgan fingerprint density at radius 1 is 1.47 bits per heavy atom. The largest absolute Gasteiger partial charge is 0.478 e. The summed E-state index contributed by atoms with van der Waals surface area (Å²) in [5.74, 6) is -0.335. The Bertz CT molecular complexity index is 562. The molecule has 2 rings (SSSR count). The monoisotopic (exact) mass is 246 g/mol. The van der Waals surface area contributed by atoms with E-state index in [4.69, 9.17) is 0 Å². The highest BCUT2D eigenvalue weighted by Gasteiger charge is 2.11. The maximum atomic E-state index is 11.2. The highest BCUT2D eigenvalue weighted by atomic mass is 32.1. The molecule has 86 valence electrons. The molecule has 0 saturated carbocycles. The van der Waals surface area contributed by atoms with Gasteiger partial charge in [0, 0.05) is 11.1 Å². The van der Waals surface area contributed by atoms with Gasteiger partial charge in [0.15, 0.2) is 0 Å². The first-order chi connectivity index (χ1) is 8.16. The molecule has 0 aliphatic carbocycles. The lowest BCUT2D eigenvalue weighted by molar-refractivity contribution is -0.130. The first-order valence-corrected chi connectivity index (χ1v) is 5.83. The third-order valence-electron chi connectivity index (χ3n) is 2.11. The van der Waals surface area contributed by atoms with Gasteiger partial charge in [-0.1, -0.05) is 6.07 Å². The molecule has 4 nitrogen and oxygen atoms in total. The van der Waals surface area contributed by atoms with Crippen molar-refractivity contribution in [3.63, 3.8) is 0 Å². The highest BCUT2D eigenvalue weighted by molar-refractivity contribution is 7.11. The summed E-state index contributed by atoms with van der Waals surface area (Å²) in [4.78, 5) is 20.0. The predicted octanol–water partition coefficient (Wildman–Crippen LogP) is 2.47. The number of carboxylic acid groups (broad SMARTS) is 1. The molecule has 0 spiro atoms. The Hall–Kier alpha value is -2.01. The van der Waals surface area contributed by atoms with E-state index in [1.54, 1.807) is 31.3 Å². The summed E-state index contributed by atoms with van der Waals surface area (Å²) in [5, 5.41) is 11.0. The minimum atomic E-state index is -0.955. The number of aromatic nitrogens is 2. The zero-order valence-electron chi connectivity index (χ0n) is 9.12. The van der Waals surface area contributed by atoms with Crippen LogP contribution < -0.4 is 0 Å². The third kappa shape index (κ3) is 2.76. The summed E-state index contributed by atoms with van der Waals surface area (Å²) in [6, 6.07) is 5.28. The fourth-order valence-electron chi connectivity index (χ4n) is 1.37. The van der Waals surface area contributed by atoms with Gasteiger partial charge in [-0.2, -0.15) is 0 Å². The number of hydrogen-bond acceptors (Lipinski definition) is 4. The Balaban J connectivity index is 2.44. The van der Waals surface area contributed by atoms with Crippen LogP contribution >= 0.6 is 11.3 Å². The number of thiophene rings is 1. The van der Waals surface area contributed by atoms with E-state index in [0.29, 0.717) is 16.4 Å². The summed E-state index contributed by atoms with van der Waals surface area (Å²) >= 11 is 1.39. The van der Waals surface area contributed by atoms with Gasteiger partial charge in [0.2, 0.25) is 0 Å². The van der Waals surface area contributed by atoms with Crippen molar-refractivity contribution in [2.75, 3.05) is 0 Å². The van der Waals surface area contributed by atoms with Gasteiger partial charge in [0.25, 0.3) is 0 Å². The number of rotatable bonds is 3. The SMILES string of the molecule is Cc1nccc(/C=C(/C(=O)O)c2cccs2)n1. The Kier molecular flexibility index (Phi) is 3.30. The molecule has 2 heterocycles. The van der Waals surface area contributed by atoms with Gasteiger partial charge >= 0.3 is 5.97 Å². The molecule has 17 heavy (non-hydrogen) atoms. The number of nitrogens with zero attached hydrogens (tertiary/aromatic N) is 2. The molecular weight excluding hydrogens is 236 g/mol. The van der Waals surface area contributed by atoms with Crippen LogP contribution in [0.4, 0.5) is 0 Å². The van der Waals surface area contributed by atoms with Crippen molar-refractivity contribution in [1.82, 2.24) is 9.97 Å². The van der Waals surface area contributed by atoms with Crippen LogP contribution in [-0.4, -0.2) is 21.0 Å². The van der Waals surface area contributed by atoms with Crippen LogP contribution in [0.1, 0.15) is 16.4 Å². The van der Waals surface area contributed by atoms with Crippen LogP contribution in [0.2, 0.25) is 0 Å². The summed E-state index contributed by atoms with van der Waals surface area (Å²) in [6.45, 7) is 1.77. The van der Waals surface area contributed by atoms with Gasteiger partial charge in [0.1, 0.15) is 5.82 Å². The maximum absolute atomic E-state index is 11.2. The van der Waals surface area contributed by atoms with E-state index in [1.165, 1.54) is 11.3 Å². The van der Waals surface area contributed by atoms with E-state index >= 15 is 0 Å². The molecule has 0 atom stereocenters. The standard InChI is InChI=1S/C12H10N2O2S/c1-8-13-5-4-9(14-8)7-10(12(15)16)11-3-2-6-17-11/h2-7H,1H3,(H,15,16)/b10-7+. The average molecular weight is 246 g/mol. The average Bonchev–Trinajstić information content (AvgIpc) is 2.78. The molecule has 2 aromatic heterocycles. The van der Waals surface area contributed by atoms with E-state index in [-0.39, 0.29) is 5.57 Å². The van der Waals surface area contributed by atoms with Gasteiger partial charge in [-0.15, -0.1) is 11.3 Å². The number of aliphatic carboxylic acids is 1. The fourth-order valence-corrected chi connectivity index (χ4v) is 2.11. The molecule has 2 aromatic rings.